The molecule has 0 fully saturated rings. The van der Waals surface area contributed by atoms with Crippen LogP contribution in [0.2, 0.25) is 0 Å². The fourth-order valence-corrected chi connectivity index (χ4v) is 3.17. The van der Waals surface area contributed by atoms with Crippen LogP contribution in [-0.2, 0) is 0 Å². The molecule has 0 radical (unpaired) electrons. The minimum absolute atomic E-state index is 0.499. The molecular formula is C9H19IN3+. The summed E-state index contributed by atoms with van der Waals surface area (Å²) in [5, 5.41) is 2.36. The lowest BCUT2D eigenvalue weighted by atomic mass is 10.3. The number of hydrogen-bond acceptors (Lipinski definition) is 2. The molecular weight excluding hydrogens is 277 g/mol. The van der Waals surface area contributed by atoms with Crippen molar-refractivity contribution < 1.29 is 4.68 Å². The first-order valence-electron chi connectivity index (χ1n) is 4.82. The molecule has 0 saturated carbocycles. The van der Waals surface area contributed by atoms with Crippen LogP contribution in [0.3, 0.4) is 0 Å². The van der Waals surface area contributed by atoms with Gasteiger partial charge in [-0.3, -0.25) is 0 Å². The van der Waals surface area contributed by atoms with Crippen LogP contribution in [-0.4, -0.2) is 37.4 Å². The SMILES string of the molecule is CC(C)N1C(C)C=[N+](C(C)C)N1I. The summed E-state index contributed by atoms with van der Waals surface area (Å²) in [6.07, 6.45) is 2.27. The van der Waals surface area contributed by atoms with Gasteiger partial charge in [0.05, 0.1) is 0 Å². The van der Waals surface area contributed by atoms with Crippen molar-refractivity contribution in [2.24, 2.45) is 0 Å². The van der Waals surface area contributed by atoms with Crippen molar-refractivity contribution in [1.82, 2.24) is 8.34 Å². The summed E-state index contributed by atoms with van der Waals surface area (Å²) >= 11 is 2.36. The first-order chi connectivity index (χ1) is 5.95. The molecule has 0 N–H and O–H groups in total. The maximum atomic E-state index is 2.36. The summed E-state index contributed by atoms with van der Waals surface area (Å²) in [6, 6.07) is 1.58. The predicted octanol–water partition coefficient (Wildman–Crippen LogP) is 2.07. The highest BCUT2D eigenvalue weighted by molar-refractivity contribution is 14.1. The van der Waals surface area contributed by atoms with Gasteiger partial charge in [-0.25, -0.2) is 0 Å². The smallest absolute Gasteiger partial charge is 0.147 e. The maximum Gasteiger partial charge on any atom is 0.191 e. The van der Waals surface area contributed by atoms with Gasteiger partial charge < -0.3 is 0 Å². The zero-order valence-electron chi connectivity index (χ0n) is 9.03. The van der Waals surface area contributed by atoms with Gasteiger partial charge >= 0.3 is 0 Å². The number of rotatable bonds is 2. The minimum Gasteiger partial charge on any atom is -0.147 e. The Hall–Kier alpha value is 0.160. The van der Waals surface area contributed by atoms with Crippen LogP contribution in [0.1, 0.15) is 34.6 Å². The van der Waals surface area contributed by atoms with E-state index in [9.17, 15) is 0 Å². The molecule has 3 nitrogen and oxygen atoms in total. The topological polar surface area (TPSA) is 9.49 Å². The normalized spacial score (nSPS) is 24.8. The summed E-state index contributed by atoms with van der Waals surface area (Å²) in [4.78, 5) is 0. The molecule has 0 aromatic rings. The van der Waals surface area contributed by atoms with E-state index in [1.54, 1.807) is 0 Å². The number of hydrazine groups is 2. The summed E-state index contributed by atoms with van der Waals surface area (Å²) < 4.78 is 4.46. The van der Waals surface area contributed by atoms with Gasteiger partial charge in [0.2, 0.25) is 0 Å². The zero-order valence-corrected chi connectivity index (χ0v) is 11.2. The van der Waals surface area contributed by atoms with Crippen LogP contribution in [0.5, 0.6) is 0 Å². The van der Waals surface area contributed by atoms with Crippen LogP contribution in [0, 0.1) is 0 Å². The van der Waals surface area contributed by atoms with E-state index in [0.717, 1.165) is 0 Å². The van der Waals surface area contributed by atoms with E-state index in [1.165, 1.54) is 0 Å². The lowest BCUT2D eigenvalue weighted by Gasteiger charge is -2.26. The molecule has 0 bridgehead atoms. The highest BCUT2D eigenvalue weighted by atomic mass is 127. The fraction of sp³-hybridized carbons (Fsp3) is 0.889. The molecule has 0 saturated heterocycles. The van der Waals surface area contributed by atoms with Crippen molar-refractivity contribution in [3.05, 3.63) is 0 Å². The van der Waals surface area contributed by atoms with Gasteiger partial charge in [-0.2, -0.15) is 0 Å². The quantitative estimate of drug-likeness (QED) is 0.438. The molecule has 76 valence electrons. The van der Waals surface area contributed by atoms with Gasteiger partial charge in [-0.05, 0) is 38.0 Å². The van der Waals surface area contributed by atoms with Crippen molar-refractivity contribution in [3.8, 4) is 0 Å². The van der Waals surface area contributed by atoms with Gasteiger partial charge in [-0.15, -0.1) is 5.01 Å². The molecule has 1 aliphatic heterocycles. The average molecular weight is 296 g/mol. The molecule has 0 aromatic carbocycles. The minimum atomic E-state index is 0.499. The van der Waals surface area contributed by atoms with Gasteiger partial charge in [0.25, 0.3) is 0 Å². The van der Waals surface area contributed by atoms with Crippen LogP contribution in [0.4, 0.5) is 0 Å². The monoisotopic (exact) mass is 296 g/mol. The van der Waals surface area contributed by atoms with E-state index in [1.807, 2.05) is 0 Å². The molecule has 1 atom stereocenters. The predicted molar refractivity (Wildman–Crippen MR) is 63.8 cm³/mol. The Kier molecular flexibility index (Phi) is 3.57. The van der Waals surface area contributed by atoms with Gasteiger partial charge in [0.1, 0.15) is 6.04 Å². The van der Waals surface area contributed by atoms with Crippen molar-refractivity contribution in [2.75, 3.05) is 0 Å². The van der Waals surface area contributed by atoms with Gasteiger partial charge in [0, 0.05) is 6.04 Å². The number of nitrogens with zero attached hydrogens (tertiary/aromatic N) is 3. The Morgan fingerprint density at radius 2 is 1.85 bits per heavy atom. The average Bonchev–Trinajstić information content (AvgIpc) is 2.26. The summed E-state index contributed by atoms with van der Waals surface area (Å²) in [7, 11) is 0. The van der Waals surface area contributed by atoms with E-state index in [0.29, 0.717) is 18.1 Å². The fourth-order valence-electron chi connectivity index (χ4n) is 1.64. The Morgan fingerprint density at radius 3 is 2.08 bits per heavy atom. The van der Waals surface area contributed by atoms with E-state index in [-0.39, 0.29) is 0 Å². The highest BCUT2D eigenvalue weighted by Gasteiger charge is 2.37. The van der Waals surface area contributed by atoms with Crippen LogP contribution >= 0.6 is 22.9 Å². The molecule has 1 unspecified atom stereocenters. The van der Waals surface area contributed by atoms with E-state index in [2.05, 4.69) is 76.7 Å². The number of hydrazone groups is 1. The molecule has 1 rings (SSSR count). The molecule has 0 amide bonds. The van der Waals surface area contributed by atoms with Gasteiger partial charge in [-0.1, -0.05) is 4.68 Å². The molecule has 0 spiro atoms. The number of hydrogen-bond donors (Lipinski definition) is 0. The standard InChI is InChI=1S/C9H19IN3/c1-7(2)11-6-9(5)12(8(3)4)13(11)10/h6-9H,1-5H3/q+1. The molecule has 0 aromatic heterocycles. The second-order valence-electron chi connectivity index (χ2n) is 4.08. The van der Waals surface area contributed by atoms with Gasteiger partial charge in [0.15, 0.2) is 35.1 Å². The largest absolute Gasteiger partial charge is 0.191 e. The first-order valence-corrected chi connectivity index (χ1v) is 5.79. The van der Waals surface area contributed by atoms with E-state index >= 15 is 0 Å². The molecule has 0 aliphatic carbocycles. The van der Waals surface area contributed by atoms with Crippen molar-refractivity contribution in [1.29, 1.82) is 0 Å². The van der Waals surface area contributed by atoms with Crippen LogP contribution in [0.15, 0.2) is 0 Å². The van der Waals surface area contributed by atoms with Crippen molar-refractivity contribution in [3.63, 3.8) is 0 Å². The van der Waals surface area contributed by atoms with E-state index < -0.39 is 0 Å². The second-order valence-corrected chi connectivity index (χ2v) is 4.94. The molecule has 1 heterocycles. The lowest BCUT2D eigenvalue weighted by molar-refractivity contribution is -0.689. The Balaban J connectivity index is 2.79. The van der Waals surface area contributed by atoms with Crippen LogP contribution < -0.4 is 0 Å². The molecule has 1 aliphatic rings. The third-order valence-electron chi connectivity index (χ3n) is 2.23. The maximum absolute atomic E-state index is 2.36. The lowest BCUT2D eigenvalue weighted by Crippen LogP contribution is -2.44. The van der Waals surface area contributed by atoms with Crippen LogP contribution in [0.25, 0.3) is 0 Å². The first kappa shape index (κ1) is 11.2. The Labute approximate surface area is 94.8 Å². The Morgan fingerprint density at radius 1 is 1.31 bits per heavy atom. The van der Waals surface area contributed by atoms with Crippen molar-refractivity contribution in [2.45, 2.75) is 52.7 Å². The summed E-state index contributed by atoms with van der Waals surface area (Å²) in [5.41, 5.74) is 0. The molecule has 4 heteroatoms. The Bertz CT molecular complexity index is 213. The zero-order chi connectivity index (χ0) is 10.2. The number of halogens is 1. The van der Waals surface area contributed by atoms with Crippen molar-refractivity contribution >= 4 is 29.1 Å². The summed E-state index contributed by atoms with van der Waals surface area (Å²) in [5.74, 6) is 0. The second kappa shape index (κ2) is 4.13. The van der Waals surface area contributed by atoms with E-state index in [4.69, 9.17) is 0 Å². The highest BCUT2D eigenvalue weighted by Crippen LogP contribution is 2.20. The molecule has 13 heavy (non-hydrogen) atoms. The summed E-state index contributed by atoms with van der Waals surface area (Å²) in [6.45, 7) is 11.1. The third kappa shape index (κ3) is 2.15. The third-order valence-corrected chi connectivity index (χ3v) is 3.22.